The first kappa shape index (κ1) is 37.8. The summed E-state index contributed by atoms with van der Waals surface area (Å²) < 4.78 is 80.0. The van der Waals surface area contributed by atoms with Crippen molar-refractivity contribution < 1.29 is 40.7 Å². The summed E-state index contributed by atoms with van der Waals surface area (Å²) in [6, 6.07) is 11.3. The van der Waals surface area contributed by atoms with Gasteiger partial charge in [0.15, 0.2) is 6.04 Å². The fourth-order valence-corrected chi connectivity index (χ4v) is 8.16. The summed E-state index contributed by atoms with van der Waals surface area (Å²) >= 11 is 6.11. The zero-order valence-electron chi connectivity index (χ0n) is 29.4. The van der Waals surface area contributed by atoms with Gasteiger partial charge < -0.3 is 24.1 Å². The largest absolute Gasteiger partial charge is 0.493 e. The number of hydrogen-bond acceptors (Lipinski definition) is 7. The first-order valence-corrected chi connectivity index (χ1v) is 19.5. The predicted octanol–water partition coefficient (Wildman–Crippen LogP) is 8.15. The van der Waals surface area contributed by atoms with Crippen LogP contribution in [-0.4, -0.2) is 62.7 Å². The number of furan rings is 1. The Balaban J connectivity index is 1.24. The standard InChI is InChI=1S/C38H44ClF2N3O7S/c1-37(2,3)51-36(46)42-27-17-19-44(20-18-27)35(45)34(38(40,41)25-9-15-30-31-16-10-26(39)22-33(31)50-32(30)21-25)43-52(47,48)29-13-11-28(12-14-29)49-23-24-7-5-4-6-8-24/h9-16,21-22,24,27,34,43H,4-8,17-20,23H2,1-3H3,(H,42,46). The molecular formula is C38H44ClF2N3O7S. The molecule has 52 heavy (non-hydrogen) atoms. The number of amides is 2. The Hall–Kier alpha value is -3.94. The first-order chi connectivity index (χ1) is 24.6. The molecule has 3 aromatic carbocycles. The number of sulfonamides is 1. The third-order valence-electron chi connectivity index (χ3n) is 9.57. The second-order valence-electron chi connectivity index (χ2n) is 14.7. The van der Waals surface area contributed by atoms with Gasteiger partial charge in [-0.3, -0.25) is 4.79 Å². The van der Waals surface area contributed by atoms with Crippen molar-refractivity contribution in [2.24, 2.45) is 5.92 Å². The lowest BCUT2D eigenvalue weighted by atomic mass is 9.90. The lowest BCUT2D eigenvalue weighted by molar-refractivity contribution is -0.145. The summed E-state index contributed by atoms with van der Waals surface area (Å²) in [5, 5.41) is 4.38. The molecule has 10 nitrogen and oxygen atoms in total. The highest BCUT2D eigenvalue weighted by atomic mass is 35.5. The number of halogens is 3. The number of likely N-dealkylation sites (tertiary alicyclic amines) is 1. The Labute approximate surface area is 307 Å². The van der Waals surface area contributed by atoms with Crippen LogP contribution in [0, 0.1) is 5.92 Å². The number of piperidine rings is 1. The summed E-state index contributed by atoms with van der Waals surface area (Å²) in [6.45, 7) is 5.72. The van der Waals surface area contributed by atoms with Crippen molar-refractivity contribution in [3.05, 3.63) is 71.2 Å². The molecule has 2 fully saturated rings. The third-order valence-corrected chi connectivity index (χ3v) is 11.2. The average Bonchev–Trinajstić information content (AvgIpc) is 3.46. The van der Waals surface area contributed by atoms with Gasteiger partial charge in [-0.2, -0.15) is 13.5 Å². The number of fused-ring (bicyclic) bond motifs is 3. The molecule has 0 spiro atoms. The summed E-state index contributed by atoms with van der Waals surface area (Å²) in [6.07, 6.45) is 5.57. The SMILES string of the molecule is CC(C)(C)OC(=O)NC1CCN(C(=O)C(NS(=O)(=O)c2ccc(OCC3CCCCC3)cc2)C(F)(F)c2ccc3c(c2)oc2cc(Cl)ccc23)CC1. The highest BCUT2D eigenvalue weighted by molar-refractivity contribution is 7.89. The molecule has 1 aliphatic carbocycles. The molecule has 6 rings (SSSR count). The Morgan fingerprint density at radius 3 is 2.21 bits per heavy atom. The van der Waals surface area contributed by atoms with E-state index >= 15 is 8.78 Å². The monoisotopic (exact) mass is 759 g/mol. The molecule has 1 aromatic heterocycles. The molecule has 1 saturated heterocycles. The van der Waals surface area contributed by atoms with Crippen LogP contribution in [0.1, 0.15) is 71.3 Å². The number of alkyl halides is 2. The molecule has 0 radical (unpaired) electrons. The van der Waals surface area contributed by atoms with Crippen LogP contribution in [0.5, 0.6) is 5.75 Å². The lowest BCUT2D eigenvalue weighted by Crippen LogP contribution is -2.58. The van der Waals surface area contributed by atoms with Crippen molar-refractivity contribution in [2.75, 3.05) is 19.7 Å². The van der Waals surface area contributed by atoms with E-state index in [4.69, 9.17) is 25.5 Å². The molecule has 2 heterocycles. The van der Waals surface area contributed by atoms with Gasteiger partial charge in [-0.1, -0.05) is 36.9 Å². The Morgan fingerprint density at radius 1 is 0.923 bits per heavy atom. The van der Waals surface area contributed by atoms with E-state index in [1.54, 1.807) is 39.0 Å². The minimum Gasteiger partial charge on any atom is -0.493 e. The Morgan fingerprint density at radius 2 is 1.56 bits per heavy atom. The maximum atomic E-state index is 16.7. The minimum atomic E-state index is -4.64. The number of carbonyl (C=O) groups excluding carboxylic acids is 2. The third kappa shape index (κ3) is 8.80. The van der Waals surface area contributed by atoms with Crippen LogP contribution in [-0.2, 0) is 25.5 Å². The van der Waals surface area contributed by atoms with Gasteiger partial charge >= 0.3 is 6.09 Å². The summed E-state index contributed by atoms with van der Waals surface area (Å²) in [5.41, 5.74) is -0.803. The number of carbonyl (C=O) groups is 2. The molecule has 1 aliphatic heterocycles. The molecule has 1 unspecified atom stereocenters. The van der Waals surface area contributed by atoms with Crippen molar-refractivity contribution in [1.29, 1.82) is 0 Å². The Bertz CT molecular complexity index is 2020. The second kappa shape index (κ2) is 15.2. The fourth-order valence-electron chi connectivity index (χ4n) is 6.81. The van der Waals surface area contributed by atoms with Crippen molar-refractivity contribution in [2.45, 2.75) is 94.2 Å². The van der Waals surface area contributed by atoms with Gasteiger partial charge in [0.1, 0.15) is 22.5 Å². The number of nitrogens with zero attached hydrogens (tertiary/aromatic N) is 1. The van der Waals surface area contributed by atoms with E-state index in [0.717, 1.165) is 37.8 Å². The first-order valence-electron chi connectivity index (χ1n) is 17.6. The van der Waals surface area contributed by atoms with E-state index in [0.29, 0.717) is 39.7 Å². The van der Waals surface area contributed by atoms with Gasteiger partial charge in [0, 0.05) is 46.6 Å². The maximum Gasteiger partial charge on any atom is 0.407 e. The van der Waals surface area contributed by atoms with E-state index in [-0.39, 0.29) is 42.5 Å². The fraction of sp³-hybridized carbons (Fsp3) is 0.474. The van der Waals surface area contributed by atoms with Crippen molar-refractivity contribution in [3.8, 4) is 5.75 Å². The van der Waals surface area contributed by atoms with Gasteiger partial charge in [-0.25, -0.2) is 13.2 Å². The van der Waals surface area contributed by atoms with E-state index in [2.05, 4.69) is 10.0 Å². The van der Waals surface area contributed by atoms with Crippen LogP contribution in [0.3, 0.4) is 0 Å². The molecule has 4 aromatic rings. The number of rotatable bonds is 10. The summed E-state index contributed by atoms with van der Waals surface area (Å²) in [5.74, 6) is -4.23. The van der Waals surface area contributed by atoms with Crippen molar-refractivity contribution in [1.82, 2.24) is 14.9 Å². The topological polar surface area (TPSA) is 127 Å². The lowest BCUT2D eigenvalue weighted by Gasteiger charge is -2.36. The number of alkyl carbamates (subject to hydrolysis) is 1. The smallest absolute Gasteiger partial charge is 0.407 e. The van der Waals surface area contributed by atoms with Crippen LogP contribution in [0.2, 0.25) is 5.02 Å². The molecule has 2 amide bonds. The van der Waals surface area contributed by atoms with Crippen molar-refractivity contribution >= 4 is 55.6 Å². The van der Waals surface area contributed by atoms with Crippen LogP contribution in [0.25, 0.3) is 21.9 Å². The van der Waals surface area contributed by atoms with Crippen molar-refractivity contribution in [3.63, 3.8) is 0 Å². The molecule has 0 bridgehead atoms. The van der Waals surface area contributed by atoms with Gasteiger partial charge in [0.2, 0.25) is 15.9 Å². The zero-order valence-corrected chi connectivity index (χ0v) is 31.0. The highest BCUT2D eigenvalue weighted by Crippen LogP contribution is 2.39. The van der Waals surface area contributed by atoms with E-state index in [1.807, 2.05) is 0 Å². The molecule has 14 heteroatoms. The second-order valence-corrected chi connectivity index (χ2v) is 16.8. The quantitative estimate of drug-likeness (QED) is 0.167. The average molecular weight is 760 g/mol. The zero-order chi connectivity index (χ0) is 37.3. The number of ether oxygens (including phenoxy) is 2. The Kier molecular flexibility index (Phi) is 11.0. The molecule has 2 aliphatic rings. The van der Waals surface area contributed by atoms with Crippen LogP contribution < -0.4 is 14.8 Å². The van der Waals surface area contributed by atoms with Gasteiger partial charge in [-0.05, 0) is 101 Å². The number of hydrogen-bond donors (Lipinski definition) is 2. The maximum absolute atomic E-state index is 16.7. The number of nitrogens with one attached hydrogen (secondary N) is 2. The molecule has 280 valence electrons. The van der Waals surface area contributed by atoms with E-state index in [9.17, 15) is 18.0 Å². The molecule has 2 N–H and O–H groups in total. The summed E-state index contributed by atoms with van der Waals surface area (Å²) in [7, 11) is -4.64. The van der Waals surface area contributed by atoms with E-state index in [1.165, 1.54) is 41.7 Å². The molecule has 1 saturated carbocycles. The van der Waals surface area contributed by atoms with Crippen LogP contribution in [0.15, 0.2) is 70.0 Å². The number of benzene rings is 3. The minimum absolute atomic E-state index is 0.00397. The van der Waals surface area contributed by atoms with Gasteiger partial charge in [0.25, 0.3) is 5.92 Å². The van der Waals surface area contributed by atoms with Crippen LogP contribution >= 0.6 is 11.6 Å². The normalized spacial score (nSPS) is 17.3. The highest BCUT2D eigenvalue weighted by Gasteiger charge is 2.50. The van der Waals surface area contributed by atoms with Gasteiger partial charge in [-0.15, -0.1) is 0 Å². The summed E-state index contributed by atoms with van der Waals surface area (Å²) in [4.78, 5) is 27.2. The van der Waals surface area contributed by atoms with Gasteiger partial charge in [0.05, 0.1) is 11.5 Å². The molecule has 1 atom stereocenters. The molecular weight excluding hydrogens is 716 g/mol. The van der Waals surface area contributed by atoms with E-state index < -0.39 is 45.2 Å². The van der Waals surface area contributed by atoms with Crippen LogP contribution in [0.4, 0.5) is 13.6 Å². The predicted molar refractivity (Wildman–Crippen MR) is 194 cm³/mol.